The summed E-state index contributed by atoms with van der Waals surface area (Å²) in [6.07, 6.45) is 7.32. The Morgan fingerprint density at radius 2 is 2.27 bits per heavy atom. The molecule has 1 atom stereocenters. The summed E-state index contributed by atoms with van der Waals surface area (Å²) in [6.45, 7) is 7.64. The van der Waals surface area contributed by atoms with Gasteiger partial charge in [-0.2, -0.15) is 5.26 Å². The van der Waals surface area contributed by atoms with E-state index in [0.717, 1.165) is 12.8 Å². The predicted octanol–water partition coefficient (Wildman–Crippen LogP) is 3.06. The van der Waals surface area contributed by atoms with Gasteiger partial charge in [0.1, 0.15) is 0 Å². The number of nitriles is 1. The third kappa shape index (κ3) is 2.59. The second-order valence-corrected chi connectivity index (χ2v) is 2.60. The summed E-state index contributed by atoms with van der Waals surface area (Å²) in [5, 5.41) is 8.85. The summed E-state index contributed by atoms with van der Waals surface area (Å²) in [5.74, 6) is 0. The lowest BCUT2D eigenvalue weighted by Crippen LogP contribution is -2.11. The Balaban J connectivity index is 4.32. The van der Waals surface area contributed by atoms with Crippen LogP contribution in [0.2, 0.25) is 0 Å². The van der Waals surface area contributed by atoms with Gasteiger partial charge in [0.2, 0.25) is 0 Å². The molecule has 0 aliphatic carbocycles. The highest BCUT2D eigenvalue weighted by atomic mass is 14.3. The first-order valence-electron chi connectivity index (χ1n) is 3.90. The van der Waals surface area contributed by atoms with Crippen molar-refractivity contribution in [2.75, 3.05) is 0 Å². The number of hydrogen-bond acceptors (Lipinski definition) is 1. The van der Waals surface area contributed by atoms with E-state index in [9.17, 15) is 0 Å². The first-order valence-corrected chi connectivity index (χ1v) is 3.90. The lowest BCUT2D eigenvalue weighted by molar-refractivity contribution is 0.496. The van der Waals surface area contributed by atoms with Gasteiger partial charge in [0.15, 0.2) is 0 Å². The molecule has 60 valence electrons. The van der Waals surface area contributed by atoms with E-state index >= 15 is 0 Å². The fourth-order valence-corrected chi connectivity index (χ4v) is 0.871. The van der Waals surface area contributed by atoms with Gasteiger partial charge in [-0.1, -0.05) is 25.2 Å². The zero-order valence-electron chi connectivity index (χ0n) is 7.30. The van der Waals surface area contributed by atoms with E-state index in [4.69, 9.17) is 5.26 Å². The number of nitrogens with zero attached hydrogens (tertiary/aromatic N) is 1. The van der Waals surface area contributed by atoms with Crippen LogP contribution in [0.4, 0.5) is 0 Å². The largest absolute Gasteiger partial charge is 0.197 e. The van der Waals surface area contributed by atoms with Crippen molar-refractivity contribution in [2.24, 2.45) is 5.41 Å². The van der Waals surface area contributed by atoms with E-state index in [2.05, 4.69) is 12.6 Å². The molecule has 1 unspecified atom stereocenters. The summed E-state index contributed by atoms with van der Waals surface area (Å²) >= 11 is 0. The number of allylic oxidation sites excluding steroid dienone is 3. The van der Waals surface area contributed by atoms with Gasteiger partial charge >= 0.3 is 0 Å². The second-order valence-electron chi connectivity index (χ2n) is 2.60. The van der Waals surface area contributed by atoms with Crippen molar-refractivity contribution in [3.05, 3.63) is 24.8 Å². The van der Waals surface area contributed by atoms with Crippen molar-refractivity contribution in [2.45, 2.75) is 26.7 Å². The molecule has 0 radical (unpaired) electrons. The van der Waals surface area contributed by atoms with Gasteiger partial charge in [0.25, 0.3) is 0 Å². The van der Waals surface area contributed by atoms with Crippen molar-refractivity contribution in [1.82, 2.24) is 0 Å². The molecule has 0 spiro atoms. The number of rotatable bonds is 4. The molecule has 0 bridgehead atoms. The quantitative estimate of drug-likeness (QED) is 0.563. The molecule has 1 heteroatoms. The average Bonchev–Trinajstić information content (AvgIpc) is 2.08. The molecule has 0 aromatic rings. The third-order valence-corrected chi connectivity index (χ3v) is 1.96. The topological polar surface area (TPSA) is 23.8 Å². The van der Waals surface area contributed by atoms with Gasteiger partial charge in [0, 0.05) is 0 Å². The second kappa shape index (κ2) is 4.73. The fraction of sp³-hybridized carbons (Fsp3) is 0.500. The van der Waals surface area contributed by atoms with E-state index in [-0.39, 0.29) is 5.41 Å². The molecule has 0 heterocycles. The predicted molar refractivity (Wildman–Crippen MR) is 48.0 cm³/mol. The lowest BCUT2D eigenvalue weighted by atomic mass is 9.83. The van der Waals surface area contributed by atoms with Crippen LogP contribution in [0, 0.1) is 16.7 Å². The molecule has 0 saturated heterocycles. The Hall–Kier alpha value is -1.03. The van der Waals surface area contributed by atoms with E-state index in [1.54, 1.807) is 6.08 Å². The zero-order valence-corrected chi connectivity index (χ0v) is 7.30. The number of hydrogen-bond donors (Lipinski definition) is 0. The summed E-state index contributed by atoms with van der Waals surface area (Å²) in [6, 6.07) is 2.28. The van der Waals surface area contributed by atoms with Crippen LogP contribution in [0.3, 0.4) is 0 Å². The molecule has 0 aliphatic heterocycles. The molecule has 11 heavy (non-hydrogen) atoms. The molecule has 0 rings (SSSR count). The Kier molecular flexibility index (Phi) is 4.29. The van der Waals surface area contributed by atoms with Crippen LogP contribution in [0.15, 0.2) is 24.8 Å². The highest BCUT2D eigenvalue weighted by Gasteiger charge is 2.21. The smallest absolute Gasteiger partial charge is 0.0782 e. The minimum Gasteiger partial charge on any atom is -0.197 e. The fourth-order valence-electron chi connectivity index (χ4n) is 0.871. The standard InChI is InChI=1S/C10H15N/c1-4-7-8-10(5-2,6-3)9-11/h4-5,7H,2,6,8H2,1,3H3. The van der Waals surface area contributed by atoms with Gasteiger partial charge in [0.05, 0.1) is 11.5 Å². The maximum absolute atomic E-state index is 8.85. The van der Waals surface area contributed by atoms with Gasteiger partial charge in [-0.3, -0.25) is 0 Å². The Bertz CT molecular complexity index is 186. The molecule has 0 amide bonds. The molecular formula is C10H15N. The lowest BCUT2D eigenvalue weighted by Gasteiger charge is -2.17. The molecule has 0 aromatic carbocycles. The van der Waals surface area contributed by atoms with Gasteiger partial charge in [-0.15, -0.1) is 6.58 Å². The van der Waals surface area contributed by atoms with Crippen molar-refractivity contribution in [1.29, 1.82) is 5.26 Å². The maximum atomic E-state index is 8.85. The summed E-state index contributed by atoms with van der Waals surface area (Å²) < 4.78 is 0. The van der Waals surface area contributed by atoms with Gasteiger partial charge in [-0.25, -0.2) is 0 Å². The van der Waals surface area contributed by atoms with E-state index in [1.807, 2.05) is 26.0 Å². The van der Waals surface area contributed by atoms with Crippen molar-refractivity contribution >= 4 is 0 Å². The normalized spacial score (nSPS) is 15.7. The van der Waals surface area contributed by atoms with Crippen LogP contribution in [0.25, 0.3) is 0 Å². The Labute approximate surface area is 69.0 Å². The minimum absolute atomic E-state index is 0.341. The molecule has 0 saturated carbocycles. The molecule has 0 N–H and O–H groups in total. The maximum Gasteiger partial charge on any atom is 0.0782 e. The minimum atomic E-state index is -0.341. The van der Waals surface area contributed by atoms with Crippen molar-refractivity contribution in [3.63, 3.8) is 0 Å². The van der Waals surface area contributed by atoms with Crippen LogP contribution in [-0.2, 0) is 0 Å². The van der Waals surface area contributed by atoms with Crippen molar-refractivity contribution in [3.8, 4) is 6.07 Å². The van der Waals surface area contributed by atoms with E-state index < -0.39 is 0 Å². The van der Waals surface area contributed by atoms with Crippen molar-refractivity contribution < 1.29 is 0 Å². The first kappa shape index (κ1) is 9.97. The van der Waals surface area contributed by atoms with Crippen LogP contribution in [0.1, 0.15) is 26.7 Å². The molecule has 0 fully saturated rings. The Morgan fingerprint density at radius 3 is 2.55 bits per heavy atom. The summed E-state index contributed by atoms with van der Waals surface area (Å²) in [4.78, 5) is 0. The third-order valence-electron chi connectivity index (χ3n) is 1.96. The van der Waals surface area contributed by atoms with E-state index in [0.29, 0.717) is 0 Å². The monoisotopic (exact) mass is 149 g/mol. The molecule has 1 nitrogen and oxygen atoms in total. The summed E-state index contributed by atoms with van der Waals surface area (Å²) in [5.41, 5.74) is -0.341. The zero-order chi connectivity index (χ0) is 8.74. The van der Waals surface area contributed by atoms with Crippen LogP contribution in [0.5, 0.6) is 0 Å². The van der Waals surface area contributed by atoms with Crippen LogP contribution >= 0.6 is 0 Å². The SMILES string of the molecule is C=CC(C#N)(CC)CC=CC. The summed E-state index contributed by atoms with van der Waals surface area (Å²) in [7, 11) is 0. The van der Waals surface area contributed by atoms with E-state index in [1.165, 1.54) is 0 Å². The highest BCUT2D eigenvalue weighted by molar-refractivity contribution is 5.12. The first-order chi connectivity index (χ1) is 5.24. The molecule has 0 aliphatic rings. The Morgan fingerprint density at radius 1 is 1.64 bits per heavy atom. The molecule has 0 aromatic heterocycles. The highest BCUT2D eigenvalue weighted by Crippen LogP contribution is 2.26. The molecular weight excluding hydrogens is 134 g/mol. The van der Waals surface area contributed by atoms with Crippen LogP contribution < -0.4 is 0 Å². The van der Waals surface area contributed by atoms with Gasteiger partial charge in [-0.05, 0) is 19.8 Å². The van der Waals surface area contributed by atoms with Gasteiger partial charge < -0.3 is 0 Å². The average molecular weight is 149 g/mol. The van der Waals surface area contributed by atoms with Crippen LogP contribution in [-0.4, -0.2) is 0 Å².